The summed E-state index contributed by atoms with van der Waals surface area (Å²) in [4.78, 5) is 1.29. The summed E-state index contributed by atoms with van der Waals surface area (Å²) in [6.07, 6.45) is 1.08. The van der Waals surface area contributed by atoms with Crippen molar-refractivity contribution in [3.8, 4) is 0 Å². The summed E-state index contributed by atoms with van der Waals surface area (Å²) in [5.41, 5.74) is 2.33. The molecule has 0 fully saturated rings. The molecule has 0 aliphatic heterocycles. The Hall–Kier alpha value is 0.420. The maximum atomic E-state index is 6.31. The van der Waals surface area contributed by atoms with Crippen LogP contribution in [-0.2, 0) is 0 Å². The molecule has 0 amide bonds. The smallest absolute Gasteiger partial charge is 0.0995 e. The summed E-state index contributed by atoms with van der Waals surface area (Å²) in [6.45, 7) is 5.23. The molecule has 0 aromatic carbocycles. The number of hydrogen-bond acceptors (Lipinski definition) is 3. The molecule has 19 heavy (non-hydrogen) atoms. The van der Waals surface area contributed by atoms with Gasteiger partial charge in [-0.15, -0.1) is 22.7 Å². The Morgan fingerprint density at radius 3 is 2.47 bits per heavy atom. The van der Waals surface area contributed by atoms with Gasteiger partial charge in [0.25, 0.3) is 0 Å². The van der Waals surface area contributed by atoms with Gasteiger partial charge in [0, 0.05) is 10.4 Å². The molecule has 0 radical (unpaired) electrons. The molecule has 1 atom stereocenters. The minimum absolute atomic E-state index is 0.110. The second kappa shape index (κ2) is 6.92. The summed E-state index contributed by atoms with van der Waals surface area (Å²) >= 11 is 19.1. The average molecular weight is 399 g/mol. The van der Waals surface area contributed by atoms with Crippen LogP contribution in [0.15, 0.2) is 15.9 Å². The van der Waals surface area contributed by atoms with Gasteiger partial charge in [0.15, 0.2) is 0 Å². The van der Waals surface area contributed by atoms with Gasteiger partial charge in [-0.25, -0.2) is 0 Å². The van der Waals surface area contributed by atoms with E-state index in [1.807, 2.05) is 6.07 Å². The molecule has 0 saturated heterocycles. The van der Waals surface area contributed by atoms with Crippen LogP contribution in [0.2, 0.25) is 8.67 Å². The van der Waals surface area contributed by atoms with Gasteiger partial charge in [0.1, 0.15) is 0 Å². The van der Waals surface area contributed by atoms with Gasteiger partial charge < -0.3 is 5.32 Å². The van der Waals surface area contributed by atoms with Crippen molar-refractivity contribution in [1.82, 2.24) is 5.32 Å². The Kier molecular flexibility index (Phi) is 5.76. The highest BCUT2D eigenvalue weighted by Gasteiger charge is 2.22. The first kappa shape index (κ1) is 15.8. The van der Waals surface area contributed by atoms with E-state index in [9.17, 15) is 0 Å². The van der Waals surface area contributed by atoms with Crippen molar-refractivity contribution in [2.45, 2.75) is 26.3 Å². The SMILES string of the molecule is CCCNC(c1cc(Br)sc1C)c1cc(Cl)sc1Cl. The zero-order chi connectivity index (χ0) is 14.0. The summed E-state index contributed by atoms with van der Waals surface area (Å²) in [5, 5.41) is 3.56. The Labute approximate surface area is 140 Å². The number of thiophene rings is 2. The van der Waals surface area contributed by atoms with Crippen molar-refractivity contribution >= 4 is 61.8 Å². The molecule has 2 rings (SSSR count). The predicted molar refractivity (Wildman–Crippen MR) is 91.2 cm³/mol. The fourth-order valence-corrected chi connectivity index (χ4v) is 5.25. The number of aryl methyl sites for hydroxylation is 1. The normalized spacial score (nSPS) is 12.9. The minimum Gasteiger partial charge on any atom is -0.306 e. The lowest BCUT2D eigenvalue weighted by Crippen LogP contribution is -2.23. The Bertz CT molecular complexity index is 519. The molecule has 0 bridgehead atoms. The highest BCUT2D eigenvalue weighted by atomic mass is 79.9. The Morgan fingerprint density at radius 2 is 2.00 bits per heavy atom. The van der Waals surface area contributed by atoms with Crippen molar-refractivity contribution in [3.05, 3.63) is 40.6 Å². The molecule has 1 unspecified atom stereocenters. The second-order valence-electron chi connectivity index (χ2n) is 4.23. The fourth-order valence-electron chi connectivity index (χ4n) is 1.97. The van der Waals surface area contributed by atoms with Crippen LogP contribution < -0.4 is 5.32 Å². The quantitative estimate of drug-likeness (QED) is 0.625. The summed E-state index contributed by atoms with van der Waals surface area (Å²) in [7, 11) is 0. The van der Waals surface area contributed by atoms with Gasteiger partial charge in [-0.3, -0.25) is 0 Å². The van der Waals surface area contributed by atoms with Crippen molar-refractivity contribution in [2.75, 3.05) is 6.54 Å². The van der Waals surface area contributed by atoms with Crippen LogP contribution in [0.25, 0.3) is 0 Å². The first-order valence-electron chi connectivity index (χ1n) is 5.96. The van der Waals surface area contributed by atoms with E-state index in [2.05, 4.69) is 41.2 Å². The molecule has 0 aliphatic rings. The van der Waals surface area contributed by atoms with Crippen molar-refractivity contribution in [3.63, 3.8) is 0 Å². The van der Waals surface area contributed by atoms with Gasteiger partial charge in [-0.2, -0.15) is 0 Å². The molecule has 104 valence electrons. The molecule has 0 spiro atoms. The van der Waals surface area contributed by atoms with E-state index >= 15 is 0 Å². The number of rotatable bonds is 5. The Balaban J connectivity index is 2.41. The van der Waals surface area contributed by atoms with E-state index in [0.717, 1.165) is 31.0 Å². The lowest BCUT2D eigenvalue weighted by molar-refractivity contribution is 0.599. The topological polar surface area (TPSA) is 12.0 Å². The molecular formula is C13H14BrCl2NS2. The van der Waals surface area contributed by atoms with Crippen molar-refractivity contribution < 1.29 is 0 Å². The van der Waals surface area contributed by atoms with Crippen LogP contribution in [-0.4, -0.2) is 6.54 Å². The summed E-state index contributed by atoms with van der Waals surface area (Å²) in [6, 6.07) is 4.24. The molecule has 2 aromatic rings. The van der Waals surface area contributed by atoms with E-state index < -0.39 is 0 Å². The van der Waals surface area contributed by atoms with Gasteiger partial charge in [-0.1, -0.05) is 30.1 Å². The van der Waals surface area contributed by atoms with Crippen LogP contribution in [0, 0.1) is 6.92 Å². The lowest BCUT2D eigenvalue weighted by atomic mass is 10.0. The number of nitrogens with one attached hydrogen (secondary N) is 1. The van der Waals surface area contributed by atoms with E-state index in [1.54, 1.807) is 11.3 Å². The third-order valence-electron chi connectivity index (χ3n) is 2.83. The summed E-state index contributed by atoms with van der Waals surface area (Å²) < 4.78 is 2.64. The molecule has 6 heteroatoms. The predicted octanol–water partition coefficient (Wildman–Crippen LogP) is 6.28. The van der Waals surface area contributed by atoms with E-state index in [1.165, 1.54) is 21.8 Å². The molecule has 2 aromatic heterocycles. The van der Waals surface area contributed by atoms with E-state index in [0.29, 0.717) is 0 Å². The van der Waals surface area contributed by atoms with Gasteiger partial charge in [-0.05, 0) is 53.5 Å². The van der Waals surface area contributed by atoms with Crippen molar-refractivity contribution in [2.24, 2.45) is 0 Å². The Morgan fingerprint density at radius 1 is 1.26 bits per heavy atom. The minimum atomic E-state index is 0.110. The lowest BCUT2D eigenvalue weighted by Gasteiger charge is -2.18. The largest absolute Gasteiger partial charge is 0.306 e. The van der Waals surface area contributed by atoms with Gasteiger partial charge >= 0.3 is 0 Å². The molecule has 2 heterocycles. The molecule has 0 saturated carbocycles. The highest BCUT2D eigenvalue weighted by Crippen LogP contribution is 2.40. The highest BCUT2D eigenvalue weighted by molar-refractivity contribution is 9.11. The fraction of sp³-hybridized carbons (Fsp3) is 0.385. The van der Waals surface area contributed by atoms with E-state index in [-0.39, 0.29) is 6.04 Å². The van der Waals surface area contributed by atoms with Crippen LogP contribution in [0.5, 0.6) is 0 Å². The first-order valence-corrected chi connectivity index (χ1v) is 9.15. The zero-order valence-corrected chi connectivity index (χ0v) is 15.3. The first-order chi connectivity index (χ1) is 9.02. The molecule has 0 aliphatic carbocycles. The third kappa shape index (κ3) is 3.74. The molecular weight excluding hydrogens is 385 g/mol. The zero-order valence-electron chi connectivity index (χ0n) is 10.6. The standard InChI is InChI=1S/C13H14BrCl2NS2/c1-3-4-17-12(8-5-10(14)18-7(8)2)9-6-11(15)19-13(9)16/h5-6,12,17H,3-4H2,1-2H3. The number of hydrogen-bond donors (Lipinski definition) is 1. The molecule has 1 N–H and O–H groups in total. The van der Waals surface area contributed by atoms with Gasteiger partial charge in [0.2, 0.25) is 0 Å². The van der Waals surface area contributed by atoms with E-state index in [4.69, 9.17) is 23.2 Å². The van der Waals surface area contributed by atoms with Gasteiger partial charge in [0.05, 0.1) is 18.5 Å². The van der Waals surface area contributed by atoms with Crippen LogP contribution in [0.1, 0.15) is 35.4 Å². The second-order valence-corrected chi connectivity index (χ2v) is 9.15. The van der Waals surface area contributed by atoms with Crippen LogP contribution in [0.4, 0.5) is 0 Å². The monoisotopic (exact) mass is 397 g/mol. The van der Waals surface area contributed by atoms with Crippen molar-refractivity contribution in [1.29, 1.82) is 0 Å². The van der Waals surface area contributed by atoms with Crippen LogP contribution >= 0.6 is 61.8 Å². The molecule has 1 nitrogen and oxygen atoms in total. The maximum Gasteiger partial charge on any atom is 0.0995 e. The third-order valence-corrected chi connectivity index (χ3v) is 5.92. The average Bonchev–Trinajstić information content (AvgIpc) is 2.83. The summed E-state index contributed by atoms with van der Waals surface area (Å²) in [5.74, 6) is 0. The maximum absolute atomic E-state index is 6.31. The number of halogens is 3. The van der Waals surface area contributed by atoms with Crippen LogP contribution in [0.3, 0.4) is 0 Å².